The fourth-order valence-corrected chi connectivity index (χ4v) is 7.72. The Bertz CT molecular complexity index is 1350. The molecule has 40 heavy (non-hydrogen) atoms. The Kier molecular flexibility index (Phi) is 7.16. The largest absolute Gasteiger partial charge is 0.497 e. The molecule has 2 aromatic carbocycles. The van der Waals surface area contributed by atoms with E-state index in [1.54, 1.807) is 12.0 Å². The first-order valence-corrected chi connectivity index (χ1v) is 14.7. The van der Waals surface area contributed by atoms with E-state index in [-0.39, 0.29) is 23.9 Å². The average Bonchev–Trinajstić information content (AvgIpc) is 3.59. The Labute approximate surface area is 236 Å². The molecule has 1 aliphatic carbocycles. The number of methoxy groups -OCH3 is 1. The summed E-state index contributed by atoms with van der Waals surface area (Å²) in [5.74, 6) is 0.0736. The predicted molar refractivity (Wildman–Crippen MR) is 152 cm³/mol. The van der Waals surface area contributed by atoms with E-state index < -0.39 is 29.6 Å². The monoisotopic (exact) mass is 541 g/mol. The molecule has 0 N–H and O–H groups in total. The first-order chi connectivity index (χ1) is 19.3. The van der Waals surface area contributed by atoms with Crippen LogP contribution >= 0.6 is 0 Å². The molecule has 6 heteroatoms. The smallest absolute Gasteiger partial charge is 0.230 e. The SMILES string of the molecule is COc1cccc(CC(=O)C2C3C=CC4(O3)C2C(=O)N(Cc2ccccc2C)C4C(=O)CC2CCCCC2C)c1. The van der Waals surface area contributed by atoms with Gasteiger partial charge in [0.15, 0.2) is 5.78 Å². The van der Waals surface area contributed by atoms with Gasteiger partial charge in [-0.3, -0.25) is 14.4 Å². The van der Waals surface area contributed by atoms with Crippen molar-refractivity contribution in [3.05, 3.63) is 77.4 Å². The fraction of sp³-hybridized carbons (Fsp3) is 0.500. The van der Waals surface area contributed by atoms with Crippen LogP contribution in [0.4, 0.5) is 0 Å². The zero-order chi connectivity index (χ0) is 28.0. The number of carbonyl (C=O) groups excluding carboxylic acids is 3. The number of amides is 1. The van der Waals surface area contributed by atoms with Gasteiger partial charge in [-0.25, -0.2) is 0 Å². The van der Waals surface area contributed by atoms with Gasteiger partial charge in [0.05, 0.1) is 25.0 Å². The summed E-state index contributed by atoms with van der Waals surface area (Å²) in [5, 5.41) is 0. The van der Waals surface area contributed by atoms with Crippen LogP contribution in [0.15, 0.2) is 60.7 Å². The number of ether oxygens (including phenoxy) is 2. The van der Waals surface area contributed by atoms with Crippen molar-refractivity contribution >= 4 is 17.5 Å². The number of benzene rings is 2. The van der Waals surface area contributed by atoms with Crippen molar-refractivity contribution < 1.29 is 23.9 Å². The van der Waals surface area contributed by atoms with Gasteiger partial charge in [0, 0.05) is 19.4 Å². The number of Topliss-reactive ketones (excluding diaryl/α,β-unsaturated/α-hetero) is 2. The number of nitrogens with zero attached hydrogens (tertiary/aromatic N) is 1. The Hall–Kier alpha value is -3.25. The third-order valence-electron chi connectivity index (χ3n) is 9.92. The minimum absolute atomic E-state index is 0.0346. The second-order valence-corrected chi connectivity index (χ2v) is 12.3. The van der Waals surface area contributed by atoms with Crippen LogP contribution < -0.4 is 4.74 Å². The van der Waals surface area contributed by atoms with Crippen LogP contribution in [0.2, 0.25) is 0 Å². The number of likely N-dealkylation sites (tertiary alicyclic amines) is 1. The number of fused-ring (bicyclic) bond motifs is 1. The highest BCUT2D eigenvalue weighted by Crippen LogP contribution is 2.56. The van der Waals surface area contributed by atoms with Gasteiger partial charge in [-0.15, -0.1) is 0 Å². The molecule has 3 fully saturated rings. The maximum Gasteiger partial charge on any atom is 0.230 e. The van der Waals surface area contributed by atoms with E-state index in [9.17, 15) is 14.4 Å². The molecule has 0 aromatic heterocycles. The molecule has 7 unspecified atom stereocenters. The van der Waals surface area contributed by atoms with Crippen LogP contribution in [0.5, 0.6) is 5.75 Å². The van der Waals surface area contributed by atoms with Gasteiger partial charge < -0.3 is 14.4 Å². The first kappa shape index (κ1) is 26.9. The lowest BCUT2D eigenvalue weighted by Crippen LogP contribution is -2.50. The van der Waals surface area contributed by atoms with Gasteiger partial charge in [0.2, 0.25) is 5.91 Å². The second kappa shape index (κ2) is 10.6. The molecule has 7 atom stereocenters. The molecule has 3 aliphatic heterocycles. The third kappa shape index (κ3) is 4.50. The Morgan fingerprint density at radius 3 is 2.65 bits per heavy atom. The van der Waals surface area contributed by atoms with E-state index in [0.717, 1.165) is 36.0 Å². The van der Waals surface area contributed by atoms with Crippen LogP contribution in [0.1, 0.15) is 55.7 Å². The predicted octanol–water partition coefficient (Wildman–Crippen LogP) is 5.25. The number of rotatable bonds is 9. The summed E-state index contributed by atoms with van der Waals surface area (Å²) in [6, 6.07) is 14.7. The van der Waals surface area contributed by atoms with Gasteiger partial charge in [-0.2, -0.15) is 0 Å². The van der Waals surface area contributed by atoms with Crippen LogP contribution in [-0.4, -0.2) is 47.2 Å². The van der Waals surface area contributed by atoms with Crippen molar-refractivity contribution in [1.82, 2.24) is 4.90 Å². The molecule has 2 aromatic rings. The highest BCUT2D eigenvalue weighted by molar-refractivity contribution is 6.01. The maximum atomic E-state index is 14.3. The number of aryl methyl sites for hydroxylation is 1. The summed E-state index contributed by atoms with van der Waals surface area (Å²) in [6.07, 6.45) is 8.53. The zero-order valence-corrected chi connectivity index (χ0v) is 23.7. The fourth-order valence-electron chi connectivity index (χ4n) is 7.72. The maximum absolute atomic E-state index is 14.3. The van der Waals surface area contributed by atoms with Gasteiger partial charge >= 0.3 is 0 Å². The number of hydrogen-bond donors (Lipinski definition) is 0. The number of carbonyl (C=O) groups is 3. The zero-order valence-electron chi connectivity index (χ0n) is 23.7. The van der Waals surface area contributed by atoms with Crippen molar-refractivity contribution in [2.24, 2.45) is 23.7 Å². The van der Waals surface area contributed by atoms with Gasteiger partial charge in [-0.05, 0) is 54.0 Å². The first-order valence-electron chi connectivity index (χ1n) is 14.7. The number of ketones is 2. The number of hydrogen-bond acceptors (Lipinski definition) is 5. The molecule has 0 radical (unpaired) electrons. The van der Waals surface area contributed by atoms with E-state index in [2.05, 4.69) is 6.92 Å². The molecular formula is C34H39NO5. The molecule has 1 amide bonds. The van der Waals surface area contributed by atoms with Crippen molar-refractivity contribution in [3.8, 4) is 5.75 Å². The summed E-state index contributed by atoms with van der Waals surface area (Å²) in [5.41, 5.74) is 1.83. The minimum Gasteiger partial charge on any atom is -0.497 e. The summed E-state index contributed by atoms with van der Waals surface area (Å²) >= 11 is 0. The van der Waals surface area contributed by atoms with Crippen molar-refractivity contribution in [3.63, 3.8) is 0 Å². The van der Waals surface area contributed by atoms with E-state index in [4.69, 9.17) is 9.47 Å². The van der Waals surface area contributed by atoms with E-state index >= 15 is 0 Å². The van der Waals surface area contributed by atoms with Crippen LogP contribution in [0.25, 0.3) is 0 Å². The Morgan fingerprint density at radius 2 is 1.88 bits per heavy atom. The molecule has 2 saturated heterocycles. The quantitative estimate of drug-likeness (QED) is 0.406. The molecule has 3 heterocycles. The third-order valence-corrected chi connectivity index (χ3v) is 9.92. The lowest BCUT2D eigenvalue weighted by atomic mass is 9.70. The highest BCUT2D eigenvalue weighted by atomic mass is 16.5. The van der Waals surface area contributed by atoms with Gasteiger partial charge in [-0.1, -0.05) is 74.7 Å². The molecule has 1 saturated carbocycles. The van der Waals surface area contributed by atoms with Crippen molar-refractivity contribution in [1.29, 1.82) is 0 Å². The van der Waals surface area contributed by atoms with Crippen molar-refractivity contribution in [2.75, 3.05) is 7.11 Å². The summed E-state index contributed by atoms with van der Waals surface area (Å²) in [7, 11) is 1.60. The molecule has 1 spiro atoms. The molecule has 2 bridgehead atoms. The van der Waals surface area contributed by atoms with Crippen LogP contribution in [0, 0.1) is 30.6 Å². The van der Waals surface area contributed by atoms with Crippen LogP contribution in [0.3, 0.4) is 0 Å². The summed E-state index contributed by atoms with van der Waals surface area (Å²) in [6.45, 7) is 4.60. The summed E-state index contributed by atoms with van der Waals surface area (Å²) in [4.78, 5) is 44.1. The normalized spacial score (nSPS) is 32.4. The van der Waals surface area contributed by atoms with Crippen molar-refractivity contribution in [2.45, 2.75) is 76.7 Å². The molecular weight excluding hydrogens is 502 g/mol. The van der Waals surface area contributed by atoms with Crippen LogP contribution in [-0.2, 0) is 32.1 Å². The molecule has 6 rings (SSSR count). The van der Waals surface area contributed by atoms with E-state index in [1.165, 1.54) is 6.42 Å². The molecule has 4 aliphatic rings. The topological polar surface area (TPSA) is 72.9 Å². The highest BCUT2D eigenvalue weighted by Gasteiger charge is 2.72. The average molecular weight is 542 g/mol. The lowest BCUT2D eigenvalue weighted by Gasteiger charge is -2.35. The van der Waals surface area contributed by atoms with Gasteiger partial charge in [0.25, 0.3) is 0 Å². The summed E-state index contributed by atoms with van der Waals surface area (Å²) < 4.78 is 11.9. The Balaban J connectivity index is 1.33. The second-order valence-electron chi connectivity index (χ2n) is 12.3. The minimum atomic E-state index is -1.09. The lowest BCUT2D eigenvalue weighted by molar-refractivity contribution is -0.141. The van der Waals surface area contributed by atoms with Gasteiger partial charge in [0.1, 0.15) is 23.2 Å². The Morgan fingerprint density at radius 1 is 1.07 bits per heavy atom. The standard InChI is InChI=1S/C34H39NO5/c1-21-9-4-6-12-24(21)19-28(37)32-34-16-15-29(40-34)30(27(36)18-23-11-8-14-26(17-23)39-3)31(34)33(38)35(32)20-25-13-7-5-10-22(25)2/h5,7-8,10-11,13-17,21,24,29-32H,4,6,9,12,18-20H2,1-3H3. The molecule has 210 valence electrons. The van der Waals surface area contributed by atoms with E-state index in [0.29, 0.717) is 30.6 Å². The van der Waals surface area contributed by atoms with E-state index in [1.807, 2.05) is 67.6 Å². The molecule has 6 nitrogen and oxygen atoms in total.